The van der Waals surface area contributed by atoms with Gasteiger partial charge in [-0.3, -0.25) is 9.59 Å². The number of halogens is 1. The normalized spacial score (nSPS) is 17.0. The van der Waals surface area contributed by atoms with Crippen LogP contribution in [0.1, 0.15) is 52.6 Å². The van der Waals surface area contributed by atoms with Gasteiger partial charge in [-0.15, -0.1) is 0 Å². The molecule has 0 radical (unpaired) electrons. The molecule has 7 heteroatoms. The van der Waals surface area contributed by atoms with Crippen LogP contribution >= 0.6 is 0 Å². The van der Waals surface area contributed by atoms with Gasteiger partial charge in [-0.2, -0.15) is 0 Å². The second-order valence-electron chi connectivity index (χ2n) is 6.90. The molecular formula is C20H23FN4O2. The Morgan fingerprint density at radius 3 is 2.70 bits per heavy atom. The van der Waals surface area contributed by atoms with Crippen LogP contribution < -0.4 is 5.73 Å². The zero-order valence-electron chi connectivity index (χ0n) is 15.3. The third-order valence-corrected chi connectivity index (χ3v) is 4.94. The van der Waals surface area contributed by atoms with Crippen LogP contribution in [-0.4, -0.2) is 39.8 Å². The maximum absolute atomic E-state index is 13.0. The van der Waals surface area contributed by atoms with Gasteiger partial charge < -0.3 is 10.6 Å². The Hall–Kier alpha value is -2.83. The smallest absolute Gasteiger partial charge is 0.252 e. The molecule has 1 atom stereocenters. The van der Waals surface area contributed by atoms with Crippen molar-refractivity contribution in [2.45, 2.75) is 38.5 Å². The van der Waals surface area contributed by atoms with Crippen molar-refractivity contribution in [2.24, 2.45) is 5.73 Å². The van der Waals surface area contributed by atoms with Crippen LogP contribution in [0.5, 0.6) is 0 Å². The molecule has 6 nitrogen and oxygen atoms in total. The second kappa shape index (κ2) is 8.24. The summed E-state index contributed by atoms with van der Waals surface area (Å²) in [5.74, 6) is -0.0425. The van der Waals surface area contributed by atoms with E-state index in [9.17, 15) is 14.0 Å². The summed E-state index contributed by atoms with van der Waals surface area (Å²) in [5.41, 5.74) is 7.13. The number of nitrogens with zero attached hydrogens (tertiary/aromatic N) is 3. The van der Waals surface area contributed by atoms with Crippen molar-refractivity contribution in [3.8, 4) is 0 Å². The summed E-state index contributed by atoms with van der Waals surface area (Å²) in [7, 11) is 0. The zero-order chi connectivity index (χ0) is 19.4. The highest BCUT2D eigenvalue weighted by atomic mass is 19.1. The van der Waals surface area contributed by atoms with E-state index in [1.165, 1.54) is 18.3 Å². The number of hydrogen-bond donors (Lipinski definition) is 1. The molecule has 0 spiro atoms. The van der Waals surface area contributed by atoms with E-state index in [0.29, 0.717) is 36.5 Å². The number of likely N-dealkylation sites (tertiary alicyclic amines) is 1. The Morgan fingerprint density at radius 1 is 1.30 bits per heavy atom. The van der Waals surface area contributed by atoms with E-state index in [1.807, 2.05) is 4.90 Å². The topological polar surface area (TPSA) is 89.2 Å². The SMILES string of the molecule is Cc1nc([C@H]2CCCN(C(=O)CCc3ccc(F)cc3)C2)ncc1C(N)=O. The Balaban J connectivity index is 1.61. The van der Waals surface area contributed by atoms with Crippen LogP contribution in [0.25, 0.3) is 0 Å². The molecule has 1 aromatic heterocycles. The van der Waals surface area contributed by atoms with Gasteiger partial charge in [-0.05, 0) is 43.9 Å². The lowest BCUT2D eigenvalue weighted by molar-refractivity contribution is -0.132. The van der Waals surface area contributed by atoms with E-state index in [4.69, 9.17) is 5.73 Å². The number of rotatable bonds is 5. The first kappa shape index (κ1) is 18.9. The number of carbonyl (C=O) groups excluding carboxylic acids is 2. The van der Waals surface area contributed by atoms with Gasteiger partial charge in [-0.25, -0.2) is 14.4 Å². The molecule has 1 saturated heterocycles. The molecule has 1 fully saturated rings. The number of benzene rings is 1. The molecule has 2 N–H and O–H groups in total. The third-order valence-electron chi connectivity index (χ3n) is 4.94. The second-order valence-corrected chi connectivity index (χ2v) is 6.90. The zero-order valence-corrected chi connectivity index (χ0v) is 15.3. The average Bonchev–Trinajstić information content (AvgIpc) is 2.67. The molecule has 2 heterocycles. The van der Waals surface area contributed by atoms with Crippen molar-refractivity contribution in [1.82, 2.24) is 14.9 Å². The summed E-state index contributed by atoms with van der Waals surface area (Å²) < 4.78 is 13.0. The summed E-state index contributed by atoms with van der Waals surface area (Å²) in [5, 5.41) is 0. The van der Waals surface area contributed by atoms with Gasteiger partial charge in [0.2, 0.25) is 5.91 Å². The molecule has 1 aromatic carbocycles. The fraction of sp³-hybridized carbons (Fsp3) is 0.400. The molecule has 2 amide bonds. The van der Waals surface area contributed by atoms with E-state index >= 15 is 0 Å². The van der Waals surface area contributed by atoms with Crippen molar-refractivity contribution in [1.29, 1.82) is 0 Å². The number of aryl methyl sites for hydroxylation is 2. The fourth-order valence-electron chi connectivity index (χ4n) is 3.40. The fourth-order valence-corrected chi connectivity index (χ4v) is 3.40. The van der Waals surface area contributed by atoms with Crippen molar-refractivity contribution in [3.63, 3.8) is 0 Å². The van der Waals surface area contributed by atoms with Gasteiger partial charge in [0.25, 0.3) is 5.91 Å². The molecule has 1 aliphatic heterocycles. The van der Waals surface area contributed by atoms with Gasteiger partial charge in [0.1, 0.15) is 11.6 Å². The molecule has 27 heavy (non-hydrogen) atoms. The minimum atomic E-state index is -0.541. The largest absolute Gasteiger partial charge is 0.365 e. The first-order valence-corrected chi connectivity index (χ1v) is 9.09. The quantitative estimate of drug-likeness (QED) is 0.875. The lowest BCUT2D eigenvalue weighted by Crippen LogP contribution is -2.39. The molecule has 2 aromatic rings. The average molecular weight is 370 g/mol. The molecule has 0 bridgehead atoms. The molecule has 3 rings (SSSR count). The summed E-state index contributed by atoms with van der Waals surface area (Å²) >= 11 is 0. The summed E-state index contributed by atoms with van der Waals surface area (Å²) in [4.78, 5) is 34.5. The lowest BCUT2D eigenvalue weighted by Gasteiger charge is -2.32. The highest BCUT2D eigenvalue weighted by molar-refractivity contribution is 5.93. The highest BCUT2D eigenvalue weighted by Crippen LogP contribution is 2.25. The van der Waals surface area contributed by atoms with Crippen LogP contribution in [0.3, 0.4) is 0 Å². The van der Waals surface area contributed by atoms with Gasteiger partial charge >= 0.3 is 0 Å². The number of aromatic nitrogens is 2. The minimum Gasteiger partial charge on any atom is -0.365 e. The van der Waals surface area contributed by atoms with Crippen molar-refractivity contribution in [2.75, 3.05) is 13.1 Å². The Kier molecular flexibility index (Phi) is 5.78. The minimum absolute atomic E-state index is 0.0501. The summed E-state index contributed by atoms with van der Waals surface area (Å²) in [6.45, 7) is 3.02. The molecule has 0 saturated carbocycles. The van der Waals surface area contributed by atoms with Crippen LogP contribution in [0, 0.1) is 12.7 Å². The maximum atomic E-state index is 13.0. The molecule has 0 aliphatic carbocycles. The van der Waals surface area contributed by atoms with Crippen LogP contribution in [0.4, 0.5) is 4.39 Å². The van der Waals surface area contributed by atoms with Gasteiger partial charge in [-0.1, -0.05) is 12.1 Å². The maximum Gasteiger partial charge on any atom is 0.252 e. The Bertz CT molecular complexity index is 838. The van der Waals surface area contributed by atoms with Crippen LogP contribution in [0.15, 0.2) is 30.5 Å². The van der Waals surface area contributed by atoms with Gasteiger partial charge in [0.05, 0.1) is 11.3 Å². The van der Waals surface area contributed by atoms with E-state index in [0.717, 1.165) is 24.9 Å². The van der Waals surface area contributed by atoms with E-state index < -0.39 is 5.91 Å². The monoisotopic (exact) mass is 370 g/mol. The van der Waals surface area contributed by atoms with Crippen molar-refractivity contribution in [3.05, 3.63) is 58.9 Å². The molecular weight excluding hydrogens is 347 g/mol. The van der Waals surface area contributed by atoms with Gasteiger partial charge in [0.15, 0.2) is 0 Å². The number of hydrogen-bond acceptors (Lipinski definition) is 4. The highest BCUT2D eigenvalue weighted by Gasteiger charge is 2.26. The van der Waals surface area contributed by atoms with Crippen molar-refractivity contribution < 1.29 is 14.0 Å². The first-order chi connectivity index (χ1) is 12.9. The lowest BCUT2D eigenvalue weighted by atomic mass is 9.96. The Morgan fingerprint density at radius 2 is 2.04 bits per heavy atom. The van der Waals surface area contributed by atoms with Crippen LogP contribution in [-0.2, 0) is 11.2 Å². The number of piperidine rings is 1. The van der Waals surface area contributed by atoms with Crippen LogP contribution in [0.2, 0.25) is 0 Å². The standard InChI is InChI=1S/C20H23FN4O2/c1-13-17(19(22)27)11-23-20(24-13)15-3-2-10-25(12-15)18(26)9-6-14-4-7-16(21)8-5-14/h4-5,7-8,11,15H,2-3,6,9-10,12H2,1H3,(H2,22,27)/t15-/m0/s1. The summed E-state index contributed by atoms with van der Waals surface area (Å²) in [6, 6.07) is 6.23. The summed E-state index contributed by atoms with van der Waals surface area (Å²) in [6.07, 6.45) is 4.22. The van der Waals surface area contributed by atoms with Crippen molar-refractivity contribution >= 4 is 11.8 Å². The number of amides is 2. The number of primary amides is 1. The predicted molar refractivity (Wildman–Crippen MR) is 98.6 cm³/mol. The molecule has 142 valence electrons. The van der Waals surface area contributed by atoms with E-state index in [1.54, 1.807) is 19.1 Å². The van der Waals surface area contributed by atoms with Gasteiger partial charge in [0, 0.05) is 31.6 Å². The first-order valence-electron chi connectivity index (χ1n) is 9.09. The predicted octanol–water partition coefficient (Wildman–Crippen LogP) is 2.36. The third kappa shape index (κ3) is 4.67. The molecule has 1 aliphatic rings. The Labute approximate surface area is 157 Å². The number of carbonyl (C=O) groups is 2. The number of nitrogens with two attached hydrogens (primary N) is 1. The molecule has 0 unspecified atom stereocenters. The van der Waals surface area contributed by atoms with E-state index in [2.05, 4.69) is 9.97 Å². The van der Waals surface area contributed by atoms with E-state index in [-0.39, 0.29) is 17.6 Å².